The molecule has 1 aromatic carbocycles. The van der Waals surface area contributed by atoms with Crippen molar-refractivity contribution in [1.29, 1.82) is 0 Å². The summed E-state index contributed by atoms with van der Waals surface area (Å²) >= 11 is 6.44. The molecule has 6 heteroatoms. The molecular weight excluding hydrogens is 316 g/mol. The minimum atomic E-state index is -0.217. The van der Waals surface area contributed by atoms with E-state index in [4.69, 9.17) is 12.2 Å². The zero-order valence-electron chi connectivity index (χ0n) is 12.0. The van der Waals surface area contributed by atoms with Crippen LogP contribution in [0.1, 0.15) is 12.5 Å². The highest BCUT2D eigenvalue weighted by atomic mass is 32.2. The minimum Gasteiger partial charge on any atom is -0.308 e. The molecule has 0 atom stereocenters. The lowest BCUT2D eigenvalue weighted by molar-refractivity contribution is -0.122. The summed E-state index contributed by atoms with van der Waals surface area (Å²) in [5.74, 6) is -0.353. The zero-order chi connectivity index (χ0) is 15.9. The number of rotatable bonds is 3. The van der Waals surface area contributed by atoms with Gasteiger partial charge >= 0.3 is 0 Å². The van der Waals surface area contributed by atoms with Crippen molar-refractivity contribution in [3.8, 4) is 0 Å². The van der Waals surface area contributed by atoms with E-state index in [1.165, 1.54) is 16.7 Å². The van der Waals surface area contributed by atoms with E-state index >= 15 is 0 Å². The van der Waals surface area contributed by atoms with Gasteiger partial charge in [-0.15, -0.1) is 6.58 Å². The third kappa shape index (κ3) is 2.10. The van der Waals surface area contributed by atoms with Gasteiger partial charge in [-0.3, -0.25) is 14.5 Å². The quantitative estimate of drug-likeness (QED) is 0.485. The van der Waals surface area contributed by atoms with Crippen LogP contribution in [0.25, 0.3) is 5.57 Å². The maximum atomic E-state index is 12.7. The zero-order valence-corrected chi connectivity index (χ0v) is 13.7. The van der Waals surface area contributed by atoms with Crippen LogP contribution in [-0.2, 0) is 9.59 Å². The molecule has 4 nitrogen and oxygen atoms in total. The summed E-state index contributed by atoms with van der Waals surface area (Å²) in [7, 11) is 0. The Bertz CT molecular complexity index is 739. The topological polar surface area (TPSA) is 40.6 Å². The van der Waals surface area contributed by atoms with E-state index in [2.05, 4.69) is 6.58 Å². The first-order valence-corrected chi connectivity index (χ1v) is 8.12. The van der Waals surface area contributed by atoms with Gasteiger partial charge in [0, 0.05) is 18.7 Å². The van der Waals surface area contributed by atoms with Crippen molar-refractivity contribution in [2.45, 2.75) is 6.92 Å². The maximum Gasteiger partial charge on any atom is 0.267 e. The summed E-state index contributed by atoms with van der Waals surface area (Å²) in [5, 5.41) is 0. The van der Waals surface area contributed by atoms with Crippen LogP contribution in [-0.4, -0.2) is 34.1 Å². The van der Waals surface area contributed by atoms with Gasteiger partial charge < -0.3 is 4.90 Å². The Morgan fingerprint density at radius 3 is 2.64 bits per heavy atom. The molecule has 112 valence electrons. The molecular formula is C16H14N2O2S2. The molecule has 3 rings (SSSR count). The first-order valence-electron chi connectivity index (χ1n) is 6.90. The molecule has 0 aliphatic carbocycles. The Morgan fingerprint density at radius 1 is 1.23 bits per heavy atom. The Labute approximate surface area is 138 Å². The second kappa shape index (κ2) is 5.70. The van der Waals surface area contributed by atoms with Gasteiger partial charge in [-0.2, -0.15) is 0 Å². The van der Waals surface area contributed by atoms with Crippen LogP contribution in [0, 0.1) is 0 Å². The summed E-state index contributed by atoms with van der Waals surface area (Å²) in [6, 6.07) is 7.53. The normalized spacial score (nSPS) is 20.9. The van der Waals surface area contributed by atoms with E-state index < -0.39 is 0 Å². The highest BCUT2D eigenvalue weighted by molar-refractivity contribution is 8.26. The molecule has 0 unspecified atom stereocenters. The lowest BCUT2D eigenvalue weighted by Crippen LogP contribution is -2.29. The third-order valence-corrected chi connectivity index (χ3v) is 5.08. The number of anilines is 1. The first-order chi connectivity index (χ1) is 10.6. The molecule has 1 fully saturated rings. The van der Waals surface area contributed by atoms with Crippen molar-refractivity contribution >= 4 is 51.4 Å². The summed E-state index contributed by atoms with van der Waals surface area (Å²) in [6.07, 6.45) is 1.63. The number of para-hydroxylation sites is 1. The number of benzene rings is 1. The lowest BCUT2D eigenvalue weighted by Gasteiger charge is -2.13. The van der Waals surface area contributed by atoms with E-state index in [-0.39, 0.29) is 11.8 Å². The number of nitrogens with zero attached hydrogens (tertiary/aromatic N) is 2. The maximum absolute atomic E-state index is 12.7. The van der Waals surface area contributed by atoms with Crippen molar-refractivity contribution in [1.82, 2.24) is 4.90 Å². The second-order valence-corrected chi connectivity index (χ2v) is 6.49. The molecule has 0 saturated carbocycles. The largest absolute Gasteiger partial charge is 0.308 e. The monoisotopic (exact) mass is 330 g/mol. The first kappa shape index (κ1) is 15.0. The van der Waals surface area contributed by atoms with Gasteiger partial charge in [-0.25, -0.2) is 0 Å². The molecule has 0 spiro atoms. The molecule has 22 heavy (non-hydrogen) atoms. The number of hydrogen-bond acceptors (Lipinski definition) is 4. The number of thiocarbonyl (C=S) groups is 1. The van der Waals surface area contributed by atoms with E-state index in [1.807, 2.05) is 31.2 Å². The molecule has 2 heterocycles. The number of carbonyl (C=O) groups excluding carboxylic acids is 2. The number of hydrogen-bond donors (Lipinski definition) is 0. The molecule has 0 N–H and O–H groups in total. The number of likely N-dealkylation sites (N-methyl/N-ethyl adjacent to an activating group) is 1. The Balaban J connectivity index is 2.16. The van der Waals surface area contributed by atoms with E-state index in [0.29, 0.717) is 27.9 Å². The van der Waals surface area contributed by atoms with E-state index in [0.717, 1.165) is 11.3 Å². The van der Waals surface area contributed by atoms with Gasteiger partial charge in [-0.1, -0.05) is 48.3 Å². The van der Waals surface area contributed by atoms with Gasteiger partial charge in [0.15, 0.2) is 0 Å². The highest BCUT2D eigenvalue weighted by Crippen LogP contribution is 2.44. The smallest absolute Gasteiger partial charge is 0.267 e. The molecule has 0 radical (unpaired) electrons. The molecule has 2 aliphatic rings. The highest BCUT2D eigenvalue weighted by Gasteiger charge is 2.41. The molecule has 2 aliphatic heterocycles. The van der Waals surface area contributed by atoms with Gasteiger partial charge in [0.05, 0.1) is 16.2 Å². The van der Waals surface area contributed by atoms with Gasteiger partial charge in [-0.05, 0) is 13.0 Å². The third-order valence-electron chi connectivity index (χ3n) is 3.63. The van der Waals surface area contributed by atoms with Crippen LogP contribution >= 0.6 is 24.0 Å². The predicted molar refractivity (Wildman–Crippen MR) is 93.5 cm³/mol. The van der Waals surface area contributed by atoms with Crippen LogP contribution in [0.3, 0.4) is 0 Å². The van der Waals surface area contributed by atoms with Gasteiger partial charge in [0.2, 0.25) is 0 Å². The fourth-order valence-corrected chi connectivity index (χ4v) is 4.00. The Morgan fingerprint density at radius 2 is 1.95 bits per heavy atom. The van der Waals surface area contributed by atoms with Crippen LogP contribution < -0.4 is 4.90 Å². The molecule has 2 amide bonds. The van der Waals surface area contributed by atoms with Crippen LogP contribution in [0.15, 0.2) is 41.8 Å². The summed E-state index contributed by atoms with van der Waals surface area (Å²) in [6.45, 7) is 6.47. The van der Waals surface area contributed by atoms with Crippen molar-refractivity contribution in [3.63, 3.8) is 0 Å². The fourth-order valence-electron chi connectivity index (χ4n) is 2.65. The number of amides is 2. The SMILES string of the molecule is C=CCN1C(=O)/C(=C2\C(=O)N(CC)c3ccccc32)SC1=S. The average Bonchev–Trinajstić information content (AvgIpc) is 2.95. The molecule has 1 saturated heterocycles. The van der Waals surface area contributed by atoms with Crippen LogP contribution in [0.4, 0.5) is 5.69 Å². The van der Waals surface area contributed by atoms with Crippen LogP contribution in [0.2, 0.25) is 0 Å². The molecule has 0 bridgehead atoms. The predicted octanol–water partition coefficient (Wildman–Crippen LogP) is 2.81. The van der Waals surface area contributed by atoms with Crippen molar-refractivity contribution in [2.75, 3.05) is 18.0 Å². The number of fused-ring (bicyclic) bond motifs is 1. The Kier molecular flexibility index (Phi) is 3.88. The Hall–Kier alpha value is -1.92. The van der Waals surface area contributed by atoms with E-state index in [1.54, 1.807) is 11.0 Å². The van der Waals surface area contributed by atoms with Crippen molar-refractivity contribution in [2.24, 2.45) is 0 Å². The average molecular weight is 330 g/mol. The summed E-state index contributed by atoms with van der Waals surface area (Å²) in [4.78, 5) is 28.9. The fraction of sp³-hybridized carbons (Fsp3) is 0.188. The summed E-state index contributed by atoms with van der Waals surface area (Å²) < 4.78 is 0.465. The van der Waals surface area contributed by atoms with Crippen molar-refractivity contribution in [3.05, 3.63) is 47.4 Å². The van der Waals surface area contributed by atoms with Crippen molar-refractivity contribution < 1.29 is 9.59 Å². The number of carbonyl (C=O) groups is 2. The standard InChI is InChI=1S/C16H14N2O2S2/c1-3-9-18-15(20)13(22-16(18)21)12-10-7-5-6-8-11(10)17(4-2)14(12)19/h3,5-8H,1,4,9H2,2H3/b13-12+. The summed E-state index contributed by atoms with van der Waals surface area (Å²) in [5.41, 5.74) is 2.11. The van der Waals surface area contributed by atoms with E-state index in [9.17, 15) is 9.59 Å². The molecule has 0 aromatic heterocycles. The van der Waals surface area contributed by atoms with Gasteiger partial charge in [0.25, 0.3) is 11.8 Å². The second-order valence-electron chi connectivity index (χ2n) is 4.84. The van der Waals surface area contributed by atoms with Crippen LogP contribution in [0.5, 0.6) is 0 Å². The molecule has 1 aromatic rings. The van der Waals surface area contributed by atoms with Gasteiger partial charge in [0.1, 0.15) is 4.32 Å². The minimum absolute atomic E-state index is 0.136. The number of thioether (sulfide) groups is 1. The lowest BCUT2D eigenvalue weighted by atomic mass is 10.1.